The molecule has 0 aliphatic carbocycles. The van der Waals surface area contributed by atoms with Gasteiger partial charge in [0.1, 0.15) is 29.5 Å². The van der Waals surface area contributed by atoms with Gasteiger partial charge in [-0.15, -0.1) is 0 Å². The lowest BCUT2D eigenvalue weighted by Crippen LogP contribution is -2.43. The fourth-order valence-electron chi connectivity index (χ4n) is 7.64. The summed E-state index contributed by atoms with van der Waals surface area (Å²) in [6.07, 6.45) is 6.65. The molecule has 8 rings (SSSR count). The van der Waals surface area contributed by atoms with Crippen LogP contribution in [0.15, 0.2) is 48.7 Å². The summed E-state index contributed by atoms with van der Waals surface area (Å²) < 4.78 is 40.1. The normalized spacial score (nSPS) is 17.6. The Morgan fingerprint density at radius 1 is 1.00 bits per heavy atom. The first-order chi connectivity index (χ1) is 22.8. The van der Waals surface area contributed by atoms with Crippen LogP contribution in [0.3, 0.4) is 0 Å². The molecular formula is C35H36F2N8O2. The number of carbonyl (C=O) groups excluding carboxylic acids is 1. The van der Waals surface area contributed by atoms with Crippen LogP contribution in [0.1, 0.15) is 48.3 Å². The first-order valence-corrected chi connectivity index (χ1v) is 16.3. The molecule has 1 amide bonds. The number of benzene rings is 2. The van der Waals surface area contributed by atoms with Crippen molar-refractivity contribution in [2.24, 2.45) is 0 Å². The zero-order valence-electron chi connectivity index (χ0n) is 26.5. The number of halogens is 2. The van der Waals surface area contributed by atoms with Crippen LogP contribution in [0.25, 0.3) is 32.9 Å². The first-order valence-electron chi connectivity index (χ1n) is 16.3. The summed E-state index contributed by atoms with van der Waals surface area (Å²) in [6.45, 7) is 4.17. The van der Waals surface area contributed by atoms with Crippen molar-refractivity contribution in [3.63, 3.8) is 0 Å². The monoisotopic (exact) mass is 638 g/mol. The van der Waals surface area contributed by atoms with Gasteiger partial charge in [0.2, 0.25) is 0 Å². The van der Waals surface area contributed by atoms with Crippen LogP contribution in [0, 0.1) is 11.6 Å². The first kappa shape index (κ1) is 29.7. The highest BCUT2D eigenvalue weighted by Gasteiger charge is 2.45. The Bertz CT molecular complexity index is 2010. The highest BCUT2D eigenvalue weighted by molar-refractivity contribution is 5.99. The third kappa shape index (κ3) is 5.06. The number of aryl methyl sites for hydroxylation is 1. The highest BCUT2D eigenvalue weighted by atomic mass is 19.1. The van der Waals surface area contributed by atoms with Crippen molar-refractivity contribution in [1.29, 1.82) is 0 Å². The van der Waals surface area contributed by atoms with E-state index < -0.39 is 11.6 Å². The van der Waals surface area contributed by atoms with Gasteiger partial charge in [-0.3, -0.25) is 19.4 Å². The molecule has 0 saturated carbocycles. The Labute approximate surface area is 271 Å². The predicted octanol–water partition coefficient (Wildman–Crippen LogP) is 5.44. The van der Waals surface area contributed by atoms with Gasteiger partial charge in [-0.2, -0.15) is 15.1 Å². The molecule has 2 aromatic carbocycles. The van der Waals surface area contributed by atoms with E-state index in [0.29, 0.717) is 59.5 Å². The van der Waals surface area contributed by atoms with Crippen LogP contribution in [0.5, 0.6) is 6.01 Å². The minimum absolute atomic E-state index is 0.0148. The van der Waals surface area contributed by atoms with Gasteiger partial charge in [0, 0.05) is 44.3 Å². The van der Waals surface area contributed by atoms with E-state index in [0.717, 1.165) is 50.9 Å². The Balaban J connectivity index is 1.24. The van der Waals surface area contributed by atoms with E-state index in [1.165, 1.54) is 11.0 Å². The number of pyridine rings is 1. The van der Waals surface area contributed by atoms with E-state index in [1.807, 2.05) is 4.68 Å². The van der Waals surface area contributed by atoms with E-state index in [4.69, 9.17) is 9.72 Å². The number of rotatable bonds is 6. The number of carbonyl (C=O) groups is 1. The average molecular weight is 639 g/mol. The largest absolute Gasteiger partial charge is 0.461 e. The average Bonchev–Trinajstić information content (AvgIpc) is 3.74. The number of anilines is 1. The Kier molecular flexibility index (Phi) is 7.27. The lowest BCUT2D eigenvalue weighted by atomic mass is 9.95. The molecule has 242 valence electrons. The van der Waals surface area contributed by atoms with E-state index in [9.17, 15) is 4.79 Å². The van der Waals surface area contributed by atoms with E-state index in [1.54, 1.807) is 56.7 Å². The number of nitrogens with zero attached hydrogens (tertiary/aromatic N) is 8. The molecule has 12 heteroatoms. The zero-order valence-corrected chi connectivity index (χ0v) is 26.5. The number of ether oxygens (including phenoxy) is 1. The standard InChI is InChI=1S/C35H36F2N8O2/c1-42(2)33(46)27-18-23-20-43(14-7-17-45(23)41-27)32-25-19-38-30(24-10-3-8-22-9-4-11-26(36)28(22)24)29(37)31(25)39-34(40-32)47-21-35-12-5-15-44(35)16-6-13-35/h3-4,8-11,18-19H,5-7,12-17,20-21H2,1-2H3. The lowest BCUT2D eigenvalue weighted by molar-refractivity contribution is 0.0821. The molecule has 0 atom stereocenters. The van der Waals surface area contributed by atoms with Gasteiger partial charge < -0.3 is 14.5 Å². The molecule has 10 nitrogen and oxygen atoms in total. The maximum Gasteiger partial charge on any atom is 0.319 e. The molecule has 5 aromatic rings. The fraction of sp³-hybridized carbons (Fsp3) is 0.400. The molecule has 3 aliphatic heterocycles. The minimum Gasteiger partial charge on any atom is -0.461 e. The van der Waals surface area contributed by atoms with Crippen LogP contribution >= 0.6 is 0 Å². The summed E-state index contributed by atoms with van der Waals surface area (Å²) in [6, 6.07) is 11.9. The van der Waals surface area contributed by atoms with Gasteiger partial charge in [-0.05, 0) is 62.7 Å². The lowest BCUT2D eigenvalue weighted by Gasteiger charge is -2.31. The van der Waals surface area contributed by atoms with Crippen molar-refractivity contribution in [2.75, 3.05) is 45.2 Å². The van der Waals surface area contributed by atoms with Crippen LogP contribution in [0.4, 0.5) is 14.6 Å². The van der Waals surface area contributed by atoms with Crippen LogP contribution in [-0.2, 0) is 13.1 Å². The second kappa shape index (κ2) is 11.5. The van der Waals surface area contributed by atoms with Crippen LogP contribution < -0.4 is 9.64 Å². The quantitative estimate of drug-likeness (QED) is 0.243. The third-order valence-electron chi connectivity index (χ3n) is 9.97. The molecule has 3 aromatic heterocycles. The van der Waals surface area contributed by atoms with Crippen LogP contribution in [-0.4, -0.2) is 86.3 Å². The molecule has 0 radical (unpaired) electrons. The molecule has 0 unspecified atom stereocenters. The van der Waals surface area contributed by atoms with Gasteiger partial charge >= 0.3 is 6.01 Å². The number of amides is 1. The number of fused-ring (bicyclic) bond motifs is 4. The van der Waals surface area contributed by atoms with Crippen LogP contribution in [0.2, 0.25) is 0 Å². The SMILES string of the molecule is CN(C)C(=O)c1cc2n(n1)CCCN(c1nc(OCC34CCCN3CCC4)nc3c(F)c(-c4cccc5cccc(F)c45)ncc13)C2. The molecule has 6 heterocycles. The molecule has 47 heavy (non-hydrogen) atoms. The third-order valence-corrected chi connectivity index (χ3v) is 9.97. The molecule has 2 saturated heterocycles. The van der Waals surface area contributed by atoms with Crippen molar-refractivity contribution < 1.29 is 18.3 Å². The van der Waals surface area contributed by atoms with Gasteiger partial charge in [0.05, 0.1) is 23.2 Å². The van der Waals surface area contributed by atoms with E-state index in [2.05, 4.69) is 24.9 Å². The summed E-state index contributed by atoms with van der Waals surface area (Å²) in [5.74, 6) is -0.783. The molecule has 0 spiro atoms. The van der Waals surface area contributed by atoms with Gasteiger partial charge in [0.25, 0.3) is 5.91 Å². The van der Waals surface area contributed by atoms with Crippen molar-refractivity contribution in [2.45, 2.75) is 50.7 Å². The van der Waals surface area contributed by atoms with Crippen molar-refractivity contribution in [1.82, 2.24) is 34.5 Å². The zero-order chi connectivity index (χ0) is 32.3. The maximum absolute atomic E-state index is 16.8. The summed E-state index contributed by atoms with van der Waals surface area (Å²) in [5.41, 5.74) is 1.61. The molecule has 3 aliphatic rings. The van der Waals surface area contributed by atoms with E-state index in [-0.39, 0.29) is 28.7 Å². The number of aromatic nitrogens is 5. The smallest absolute Gasteiger partial charge is 0.319 e. The minimum atomic E-state index is -0.660. The highest BCUT2D eigenvalue weighted by Crippen LogP contribution is 2.40. The Hall–Kier alpha value is -4.71. The Morgan fingerprint density at radius 3 is 2.57 bits per heavy atom. The summed E-state index contributed by atoms with van der Waals surface area (Å²) >= 11 is 0. The number of hydrogen-bond donors (Lipinski definition) is 0. The molecular weight excluding hydrogens is 602 g/mol. The maximum atomic E-state index is 16.8. The van der Waals surface area contributed by atoms with Gasteiger partial charge in [-0.1, -0.05) is 30.3 Å². The summed E-state index contributed by atoms with van der Waals surface area (Å²) in [4.78, 5) is 32.8. The van der Waals surface area contributed by atoms with Gasteiger partial charge in [0.15, 0.2) is 11.5 Å². The van der Waals surface area contributed by atoms with Crippen molar-refractivity contribution >= 4 is 33.4 Å². The second-order valence-electron chi connectivity index (χ2n) is 13.1. The predicted molar refractivity (Wildman–Crippen MR) is 174 cm³/mol. The topological polar surface area (TPSA) is 92.5 Å². The summed E-state index contributed by atoms with van der Waals surface area (Å²) in [5, 5.41) is 5.95. The second-order valence-corrected chi connectivity index (χ2v) is 13.1. The molecule has 0 N–H and O–H groups in total. The molecule has 2 fully saturated rings. The molecule has 0 bridgehead atoms. The number of hydrogen-bond acceptors (Lipinski definition) is 8. The Morgan fingerprint density at radius 2 is 1.79 bits per heavy atom. The van der Waals surface area contributed by atoms with Crippen molar-refractivity contribution in [3.8, 4) is 17.3 Å². The van der Waals surface area contributed by atoms with Crippen molar-refractivity contribution in [3.05, 3.63) is 71.7 Å². The van der Waals surface area contributed by atoms with Gasteiger partial charge in [-0.25, -0.2) is 8.78 Å². The van der Waals surface area contributed by atoms with E-state index >= 15 is 8.78 Å². The fourth-order valence-corrected chi connectivity index (χ4v) is 7.64. The summed E-state index contributed by atoms with van der Waals surface area (Å²) in [7, 11) is 3.40.